The average molecular weight is 180 g/mol. The zero-order valence-corrected chi connectivity index (χ0v) is 7.69. The van der Waals surface area contributed by atoms with Crippen LogP contribution in [0.2, 0.25) is 0 Å². The monoisotopic (exact) mass is 180 g/mol. The minimum Gasteiger partial charge on any atom is -0.364 e. The summed E-state index contributed by atoms with van der Waals surface area (Å²) in [7, 11) is 1.90. The summed E-state index contributed by atoms with van der Waals surface area (Å²) < 4.78 is 0. The van der Waals surface area contributed by atoms with Gasteiger partial charge in [0.05, 0.1) is 12.4 Å². The number of primary amides is 1. The topological polar surface area (TPSA) is 72.1 Å². The van der Waals surface area contributed by atoms with Crippen LogP contribution in [0.5, 0.6) is 0 Å². The lowest BCUT2D eigenvalue weighted by atomic mass is 10.4. The molecule has 0 unspecified atom stereocenters. The van der Waals surface area contributed by atoms with Gasteiger partial charge in [-0.2, -0.15) is 0 Å². The van der Waals surface area contributed by atoms with Gasteiger partial charge in [-0.15, -0.1) is 0 Å². The minimum atomic E-state index is -0.557. The van der Waals surface area contributed by atoms with Crippen LogP contribution in [0, 0.1) is 0 Å². The molecule has 5 heteroatoms. The van der Waals surface area contributed by atoms with Crippen LogP contribution >= 0.6 is 0 Å². The van der Waals surface area contributed by atoms with Crippen molar-refractivity contribution in [3.05, 3.63) is 18.1 Å². The van der Waals surface area contributed by atoms with Crippen molar-refractivity contribution in [1.82, 2.24) is 9.97 Å². The van der Waals surface area contributed by atoms with Crippen molar-refractivity contribution in [2.75, 3.05) is 18.5 Å². The fourth-order valence-electron chi connectivity index (χ4n) is 0.808. The second kappa shape index (κ2) is 3.84. The number of rotatable bonds is 3. The summed E-state index contributed by atoms with van der Waals surface area (Å²) in [4.78, 5) is 20.5. The van der Waals surface area contributed by atoms with Crippen LogP contribution in [0.4, 0.5) is 5.82 Å². The highest BCUT2D eigenvalue weighted by atomic mass is 16.1. The summed E-state index contributed by atoms with van der Waals surface area (Å²) in [6, 6.07) is 0. The van der Waals surface area contributed by atoms with E-state index >= 15 is 0 Å². The Morgan fingerprint density at radius 1 is 1.54 bits per heavy atom. The fraction of sp³-hybridized carbons (Fsp3) is 0.375. The molecule has 0 atom stereocenters. The molecule has 0 spiro atoms. The molecule has 0 radical (unpaired) electrons. The van der Waals surface area contributed by atoms with E-state index in [9.17, 15) is 4.79 Å². The average Bonchev–Trinajstić information content (AvgIpc) is 2.17. The molecule has 1 heterocycles. The molecular weight excluding hydrogens is 168 g/mol. The Bertz CT molecular complexity index is 296. The molecule has 0 fully saturated rings. The Kier molecular flexibility index (Phi) is 2.79. The molecule has 1 rings (SSSR count). The Hall–Kier alpha value is -1.65. The van der Waals surface area contributed by atoms with Gasteiger partial charge in [-0.05, 0) is 6.92 Å². The molecule has 0 bridgehead atoms. The molecule has 0 saturated heterocycles. The number of nitrogens with zero attached hydrogens (tertiary/aromatic N) is 3. The van der Waals surface area contributed by atoms with Gasteiger partial charge in [-0.1, -0.05) is 0 Å². The van der Waals surface area contributed by atoms with Gasteiger partial charge in [0.15, 0.2) is 0 Å². The van der Waals surface area contributed by atoms with E-state index in [1.165, 1.54) is 12.4 Å². The number of anilines is 1. The summed E-state index contributed by atoms with van der Waals surface area (Å²) >= 11 is 0. The normalized spacial score (nSPS) is 9.69. The highest BCUT2D eigenvalue weighted by Crippen LogP contribution is 2.05. The molecule has 5 nitrogen and oxygen atoms in total. The van der Waals surface area contributed by atoms with Crippen molar-refractivity contribution in [2.45, 2.75) is 6.92 Å². The van der Waals surface area contributed by atoms with Crippen LogP contribution in [0.15, 0.2) is 12.4 Å². The zero-order valence-electron chi connectivity index (χ0n) is 7.69. The van der Waals surface area contributed by atoms with Crippen LogP contribution in [0.25, 0.3) is 0 Å². The van der Waals surface area contributed by atoms with E-state index in [4.69, 9.17) is 5.73 Å². The first-order chi connectivity index (χ1) is 6.15. The lowest BCUT2D eigenvalue weighted by molar-refractivity contribution is 0.0995. The van der Waals surface area contributed by atoms with Gasteiger partial charge in [0.25, 0.3) is 5.91 Å². The quantitative estimate of drug-likeness (QED) is 0.712. The van der Waals surface area contributed by atoms with Crippen molar-refractivity contribution in [3.8, 4) is 0 Å². The van der Waals surface area contributed by atoms with Crippen LogP contribution in [-0.4, -0.2) is 29.5 Å². The Balaban J connectivity index is 2.87. The summed E-state index contributed by atoms with van der Waals surface area (Å²) in [5.74, 6) is 0.172. The molecular formula is C8H12N4O. The van der Waals surface area contributed by atoms with E-state index in [1.807, 2.05) is 18.9 Å². The summed E-state index contributed by atoms with van der Waals surface area (Å²) in [6.45, 7) is 2.84. The molecule has 70 valence electrons. The Labute approximate surface area is 76.6 Å². The highest BCUT2D eigenvalue weighted by Gasteiger charge is 2.04. The van der Waals surface area contributed by atoms with Crippen molar-refractivity contribution >= 4 is 11.7 Å². The first-order valence-electron chi connectivity index (χ1n) is 3.98. The molecule has 1 amide bonds. The standard InChI is InChI=1S/C8H12N4O/c1-3-12(2)7-5-10-6(4-11-7)8(9)13/h4-5H,3H2,1-2H3,(H2,9,13). The van der Waals surface area contributed by atoms with Gasteiger partial charge in [0.1, 0.15) is 11.5 Å². The highest BCUT2D eigenvalue weighted by molar-refractivity contribution is 5.90. The van der Waals surface area contributed by atoms with Gasteiger partial charge in [0.2, 0.25) is 0 Å². The summed E-state index contributed by atoms with van der Waals surface area (Å²) in [5.41, 5.74) is 5.21. The van der Waals surface area contributed by atoms with E-state index in [1.54, 1.807) is 0 Å². The summed E-state index contributed by atoms with van der Waals surface area (Å²) in [5, 5.41) is 0. The van der Waals surface area contributed by atoms with Gasteiger partial charge < -0.3 is 10.6 Å². The van der Waals surface area contributed by atoms with Crippen LogP contribution in [0.1, 0.15) is 17.4 Å². The van der Waals surface area contributed by atoms with E-state index < -0.39 is 5.91 Å². The molecule has 1 aromatic heterocycles. The number of hydrogen-bond acceptors (Lipinski definition) is 4. The zero-order chi connectivity index (χ0) is 9.84. The third kappa shape index (κ3) is 2.14. The van der Waals surface area contributed by atoms with Crippen LogP contribution in [0.3, 0.4) is 0 Å². The van der Waals surface area contributed by atoms with Gasteiger partial charge in [-0.3, -0.25) is 4.79 Å². The molecule has 1 aromatic rings. The number of amides is 1. The van der Waals surface area contributed by atoms with E-state index in [-0.39, 0.29) is 5.69 Å². The van der Waals surface area contributed by atoms with Gasteiger partial charge in [-0.25, -0.2) is 9.97 Å². The van der Waals surface area contributed by atoms with E-state index in [2.05, 4.69) is 9.97 Å². The lowest BCUT2D eigenvalue weighted by Gasteiger charge is -2.14. The smallest absolute Gasteiger partial charge is 0.268 e. The molecule has 0 aromatic carbocycles. The Morgan fingerprint density at radius 3 is 2.62 bits per heavy atom. The first kappa shape index (κ1) is 9.44. The number of aromatic nitrogens is 2. The van der Waals surface area contributed by atoms with Crippen LogP contribution in [-0.2, 0) is 0 Å². The second-order valence-corrected chi connectivity index (χ2v) is 2.64. The number of hydrogen-bond donors (Lipinski definition) is 1. The van der Waals surface area contributed by atoms with Crippen LogP contribution < -0.4 is 10.6 Å². The predicted molar refractivity (Wildman–Crippen MR) is 49.5 cm³/mol. The molecule has 2 N–H and O–H groups in total. The lowest BCUT2D eigenvalue weighted by Crippen LogP contribution is -2.19. The second-order valence-electron chi connectivity index (χ2n) is 2.64. The predicted octanol–water partition coefficient (Wildman–Crippen LogP) is 0.0316. The molecule has 0 saturated carbocycles. The van der Waals surface area contributed by atoms with Gasteiger partial charge >= 0.3 is 0 Å². The SMILES string of the molecule is CCN(C)c1cnc(C(N)=O)cn1. The fourth-order valence-corrected chi connectivity index (χ4v) is 0.808. The maximum absolute atomic E-state index is 10.7. The number of nitrogens with two attached hydrogens (primary N) is 1. The van der Waals surface area contributed by atoms with E-state index in [0.29, 0.717) is 0 Å². The van der Waals surface area contributed by atoms with Crippen molar-refractivity contribution < 1.29 is 4.79 Å². The molecule has 0 aliphatic rings. The maximum Gasteiger partial charge on any atom is 0.268 e. The van der Waals surface area contributed by atoms with Crippen molar-refractivity contribution in [2.24, 2.45) is 5.73 Å². The number of carbonyl (C=O) groups excluding carboxylic acids is 1. The first-order valence-corrected chi connectivity index (χ1v) is 3.98. The molecule has 13 heavy (non-hydrogen) atoms. The third-order valence-corrected chi connectivity index (χ3v) is 1.76. The van der Waals surface area contributed by atoms with Gasteiger partial charge in [0, 0.05) is 13.6 Å². The molecule has 0 aliphatic carbocycles. The summed E-state index contributed by atoms with van der Waals surface area (Å²) in [6.07, 6.45) is 2.91. The van der Waals surface area contributed by atoms with Crippen molar-refractivity contribution in [1.29, 1.82) is 0 Å². The molecule has 0 aliphatic heterocycles. The third-order valence-electron chi connectivity index (χ3n) is 1.76. The number of carbonyl (C=O) groups is 1. The largest absolute Gasteiger partial charge is 0.364 e. The van der Waals surface area contributed by atoms with E-state index in [0.717, 1.165) is 12.4 Å². The maximum atomic E-state index is 10.7. The minimum absolute atomic E-state index is 0.188. The Morgan fingerprint density at radius 2 is 2.23 bits per heavy atom. The van der Waals surface area contributed by atoms with Crippen molar-refractivity contribution in [3.63, 3.8) is 0 Å².